The number of amides is 1. The lowest BCUT2D eigenvalue weighted by molar-refractivity contribution is -0.135. The summed E-state index contributed by atoms with van der Waals surface area (Å²) in [7, 11) is 0. The highest BCUT2D eigenvalue weighted by atomic mass is 35.5. The topological polar surface area (TPSA) is 46.3 Å². The van der Waals surface area contributed by atoms with Crippen molar-refractivity contribution in [3.8, 4) is 0 Å². The van der Waals surface area contributed by atoms with Gasteiger partial charge in [0, 0.05) is 25.0 Å². The molecule has 1 amide bonds. The number of nitrogens with two attached hydrogens (primary N) is 1. The predicted molar refractivity (Wildman–Crippen MR) is 93.0 cm³/mol. The molecule has 2 N–H and O–H groups in total. The zero-order valence-corrected chi connectivity index (χ0v) is 14.8. The Hall–Kier alpha value is -0.280. The van der Waals surface area contributed by atoms with Gasteiger partial charge >= 0.3 is 0 Å². The Morgan fingerprint density at radius 3 is 2.55 bits per heavy atom. The van der Waals surface area contributed by atoms with E-state index >= 15 is 0 Å². The van der Waals surface area contributed by atoms with Gasteiger partial charge < -0.3 is 10.6 Å². The largest absolute Gasteiger partial charge is 0.342 e. The van der Waals surface area contributed by atoms with Crippen LogP contribution < -0.4 is 5.73 Å². The number of likely N-dealkylation sites (tertiary alicyclic amines) is 1. The highest BCUT2D eigenvalue weighted by molar-refractivity contribution is 5.85. The van der Waals surface area contributed by atoms with Crippen LogP contribution in [-0.2, 0) is 4.79 Å². The second-order valence-corrected chi connectivity index (χ2v) is 7.78. The maximum Gasteiger partial charge on any atom is 0.225 e. The molecule has 0 bridgehead atoms. The third-order valence-corrected chi connectivity index (χ3v) is 6.30. The van der Waals surface area contributed by atoms with E-state index in [1.807, 2.05) is 0 Å². The molecule has 4 atom stereocenters. The molecule has 1 aliphatic heterocycles. The first-order valence-electron chi connectivity index (χ1n) is 9.23. The van der Waals surface area contributed by atoms with Crippen LogP contribution in [0.15, 0.2) is 0 Å². The molecule has 3 fully saturated rings. The van der Waals surface area contributed by atoms with E-state index in [0.29, 0.717) is 23.8 Å². The number of hydrogen-bond donors (Lipinski definition) is 1. The highest BCUT2D eigenvalue weighted by Gasteiger charge is 2.43. The van der Waals surface area contributed by atoms with E-state index in [9.17, 15) is 4.79 Å². The van der Waals surface area contributed by atoms with Crippen LogP contribution in [-0.4, -0.2) is 29.9 Å². The van der Waals surface area contributed by atoms with Crippen LogP contribution in [0, 0.1) is 23.7 Å². The first kappa shape index (κ1) is 18.1. The molecular weight excluding hydrogens is 296 g/mol. The van der Waals surface area contributed by atoms with Crippen molar-refractivity contribution in [3.63, 3.8) is 0 Å². The molecular formula is C18H33ClN2O. The quantitative estimate of drug-likeness (QED) is 0.838. The Morgan fingerprint density at radius 2 is 1.91 bits per heavy atom. The van der Waals surface area contributed by atoms with Crippen LogP contribution in [0.3, 0.4) is 0 Å². The molecule has 4 heteroatoms. The summed E-state index contributed by atoms with van der Waals surface area (Å²) in [4.78, 5) is 15.1. The Labute approximate surface area is 141 Å². The second kappa shape index (κ2) is 8.01. The standard InChI is InChI=1S/C18H32N2O.ClH/c1-2-5-14(10-13-6-3-4-7-13)18(21)20-11-15-8-9-17(19)16(15)12-20;/h13-17H,2-12,19H2,1H3;1H. The minimum Gasteiger partial charge on any atom is -0.342 e. The first-order valence-corrected chi connectivity index (χ1v) is 9.23. The number of rotatable bonds is 5. The summed E-state index contributed by atoms with van der Waals surface area (Å²) < 4.78 is 0. The van der Waals surface area contributed by atoms with Crippen molar-refractivity contribution in [2.24, 2.45) is 29.4 Å². The van der Waals surface area contributed by atoms with Gasteiger partial charge in [-0.3, -0.25) is 4.79 Å². The average Bonchev–Trinajstić information content (AvgIpc) is 3.17. The minimum atomic E-state index is 0. The van der Waals surface area contributed by atoms with Crippen molar-refractivity contribution in [1.29, 1.82) is 0 Å². The summed E-state index contributed by atoms with van der Waals surface area (Å²) in [5, 5.41) is 0. The lowest BCUT2D eigenvalue weighted by Gasteiger charge is -2.26. The summed E-state index contributed by atoms with van der Waals surface area (Å²) in [6.07, 6.45) is 11.2. The zero-order chi connectivity index (χ0) is 14.8. The maximum absolute atomic E-state index is 12.9. The molecule has 1 heterocycles. The van der Waals surface area contributed by atoms with Crippen LogP contribution in [0.1, 0.15) is 64.7 Å². The molecule has 4 unspecified atom stereocenters. The number of halogens is 1. The molecule has 0 radical (unpaired) electrons. The highest BCUT2D eigenvalue weighted by Crippen LogP contribution is 2.39. The molecule has 0 aromatic rings. The van der Waals surface area contributed by atoms with Gasteiger partial charge in [0.05, 0.1) is 0 Å². The Morgan fingerprint density at radius 1 is 1.18 bits per heavy atom. The number of fused-ring (bicyclic) bond motifs is 1. The summed E-state index contributed by atoms with van der Waals surface area (Å²) >= 11 is 0. The Bertz CT molecular complexity index is 370. The third-order valence-electron chi connectivity index (χ3n) is 6.30. The van der Waals surface area contributed by atoms with E-state index in [1.54, 1.807) is 0 Å². The first-order chi connectivity index (χ1) is 10.2. The van der Waals surface area contributed by atoms with Crippen LogP contribution in [0.25, 0.3) is 0 Å². The molecule has 0 aromatic carbocycles. The van der Waals surface area contributed by atoms with E-state index in [4.69, 9.17) is 5.73 Å². The van der Waals surface area contributed by atoms with Gasteiger partial charge in [-0.15, -0.1) is 12.4 Å². The monoisotopic (exact) mass is 328 g/mol. The van der Waals surface area contributed by atoms with Crippen molar-refractivity contribution in [1.82, 2.24) is 4.90 Å². The summed E-state index contributed by atoms with van der Waals surface area (Å²) in [6.45, 7) is 4.14. The molecule has 3 aliphatic rings. The van der Waals surface area contributed by atoms with Gasteiger partial charge in [-0.25, -0.2) is 0 Å². The SMILES string of the molecule is CCCC(CC1CCCC1)C(=O)N1CC2CCC(N)C2C1.Cl. The number of carbonyl (C=O) groups is 1. The molecule has 22 heavy (non-hydrogen) atoms. The van der Waals surface area contributed by atoms with Gasteiger partial charge in [-0.1, -0.05) is 39.0 Å². The van der Waals surface area contributed by atoms with Gasteiger partial charge in [-0.05, 0) is 43.4 Å². The predicted octanol–water partition coefficient (Wildman–Crippen LogP) is 3.60. The fraction of sp³-hybridized carbons (Fsp3) is 0.944. The molecule has 1 saturated heterocycles. The summed E-state index contributed by atoms with van der Waals surface area (Å²) in [5.41, 5.74) is 6.21. The zero-order valence-electron chi connectivity index (χ0n) is 14.0. The lowest BCUT2D eigenvalue weighted by Crippen LogP contribution is -2.37. The fourth-order valence-corrected chi connectivity index (χ4v) is 5.08. The van der Waals surface area contributed by atoms with Crippen LogP contribution in [0.4, 0.5) is 0 Å². The summed E-state index contributed by atoms with van der Waals surface area (Å²) in [6, 6.07) is 0.340. The lowest BCUT2D eigenvalue weighted by atomic mass is 9.89. The van der Waals surface area contributed by atoms with E-state index in [2.05, 4.69) is 11.8 Å². The van der Waals surface area contributed by atoms with Crippen molar-refractivity contribution in [3.05, 3.63) is 0 Å². The van der Waals surface area contributed by atoms with Crippen LogP contribution in [0.2, 0.25) is 0 Å². The maximum atomic E-state index is 12.9. The van der Waals surface area contributed by atoms with Crippen LogP contribution >= 0.6 is 12.4 Å². The van der Waals surface area contributed by atoms with Crippen molar-refractivity contribution >= 4 is 18.3 Å². The summed E-state index contributed by atoms with van der Waals surface area (Å²) in [5.74, 6) is 2.83. The molecule has 2 saturated carbocycles. The van der Waals surface area contributed by atoms with E-state index in [-0.39, 0.29) is 18.3 Å². The second-order valence-electron chi connectivity index (χ2n) is 7.78. The van der Waals surface area contributed by atoms with Gasteiger partial charge in [0.15, 0.2) is 0 Å². The number of carbonyl (C=O) groups excluding carboxylic acids is 1. The van der Waals surface area contributed by atoms with E-state index < -0.39 is 0 Å². The van der Waals surface area contributed by atoms with Crippen molar-refractivity contribution in [2.45, 2.75) is 70.8 Å². The van der Waals surface area contributed by atoms with Gasteiger partial charge in [0.1, 0.15) is 0 Å². The molecule has 0 aromatic heterocycles. The molecule has 0 spiro atoms. The molecule has 2 aliphatic carbocycles. The normalized spacial score (nSPS) is 32.8. The fourth-order valence-electron chi connectivity index (χ4n) is 5.08. The van der Waals surface area contributed by atoms with Gasteiger partial charge in [-0.2, -0.15) is 0 Å². The smallest absolute Gasteiger partial charge is 0.225 e. The van der Waals surface area contributed by atoms with E-state index in [0.717, 1.165) is 44.7 Å². The number of nitrogens with zero attached hydrogens (tertiary/aromatic N) is 1. The Balaban J connectivity index is 0.00000176. The molecule has 128 valence electrons. The van der Waals surface area contributed by atoms with E-state index in [1.165, 1.54) is 32.1 Å². The minimum absolute atomic E-state index is 0. The average molecular weight is 329 g/mol. The van der Waals surface area contributed by atoms with Gasteiger partial charge in [0.2, 0.25) is 5.91 Å². The van der Waals surface area contributed by atoms with Gasteiger partial charge in [0.25, 0.3) is 0 Å². The molecule has 3 nitrogen and oxygen atoms in total. The van der Waals surface area contributed by atoms with Crippen molar-refractivity contribution in [2.75, 3.05) is 13.1 Å². The van der Waals surface area contributed by atoms with Crippen molar-refractivity contribution < 1.29 is 4.79 Å². The van der Waals surface area contributed by atoms with Crippen LogP contribution in [0.5, 0.6) is 0 Å². The number of hydrogen-bond acceptors (Lipinski definition) is 2. The molecule has 3 rings (SSSR count). The Kier molecular flexibility index (Phi) is 6.58. The third kappa shape index (κ3) is 3.79.